The van der Waals surface area contributed by atoms with Gasteiger partial charge in [0.2, 0.25) is 0 Å². The van der Waals surface area contributed by atoms with E-state index in [4.69, 9.17) is 0 Å². The Kier molecular flexibility index (Phi) is 6.28. The third-order valence-corrected chi connectivity index (χ3v) is 3.09. The van der Waals surface area contributed by atoms with Crippen LogP contribution in [0, 0.1) is 0 Å². The fourth-order valence-electron chi connectivity index (χ4n) is 2.01. The highest BCUT2D eigenvalue weighted by atomic mass is 127. The zero-order valence-corrected chi connectivity index (χ0v) is 14.0. The molecule has 0 N–H and O–H groups in total. The number of hydrogen-bond donors (Lipinski definition) is 0. The monoisotopic (exact) mass is 368 g/mol. The molecular formula is C16H21IN2. The summed E-state index contributed by atoms with van der Waals surface area (Å²) in [6.45, 7) is 3.28. The summed E-state index contributed by atoms with van der Waals surface area (Å²) in [5, 5.41) is 0. The molecule has 1 aromatic carbocycles. The third kappa shape index (κ3) is 4.20. The standard InChI is InChI=1S/C16H21N2.HI/c1-4-11-18-12-9-15(10-13-18)14-5-7-16(8-6-14)17(2)3;/h5-10,12-13H,4,11H2,1-3H3;1H/q+1;/p-1. The number of pyridine rings is 1. The quantitative estimate of drug-likeness (QED) is 0.550. The molecule has 3 heteroatoms. The summed E-state index contributed by atoms with van der Waals surface area (Å²) in [5.74, 6) is 0. The molecule has 0 aliphatic heterocycles. The third-order valence-electron chi connectivity index (χ3n) is 3.09. The smallest absolute Gasteiger partial charge is 0.169 e. The van der Waals surface area contributed by atoms with Gasteiger partial charge in [-0.15, -0.1) is 0 Å². The van der Waals surface area contributed by atoms with Gasteiger partial charge >= 0.3 is 0 Å². The summed E-state index contributed by atoms with van der Waals surface area (Å²) >= 11 is 0. The topological polar surface area (TPSA) is 7.12 Å². The van der Waals surface area contributed by atoms with Crippen molar-refractivity contribution >= 4 is 5.69 Å². The van der Waals surface area contributed by atoms with Crippen LogP contribution in [0.1, 0.15) is 13.3 Å². The molecule has 0 aliphatic rings. The van der Waals surface area contributed by atoms with Gasteiger partial charge in [0.1, 0.15) is 6.54 Å². The van der Waals surface area contributed by atoms with Crippen molar-refractivity contribution in [1.82, 2.24) is 0 Å². The molecule has 0 amide bonds. The highest BCUT2D eigenvalue weighted by Crippen LogP contribution is 2.21. The second kappa shape index (κ2) is 7.48. The second-order valence-corrected chi connectivity index (χ2v) is 4.77. The van der Waals surface area contributed by atoms with Gasteiger partial charge in [-0.05, 0) is 23.3 Å². The number of benzene rings is 1. The van der Waals surface area contributed by atoms with Crippen LogP contribution in [-0.2, 0) is 6.54 Å². The maximum Gasteiger partial charge on any atom is 0.169 e. The van der Waals surface area contributed by atoms with Crippen molar-refractivity contribution in [2.75, 3.05) is 19.0 Å². The van der Waals surface area contributed by atoms with Crippen LogP contribution in [-0.4, -0.2) is 14.1 Å². The van der Waals surface area contributed by atoms with Gasteiger partial charge in [0.25, 0.3) is 0 Å². The number of aryl methyl sites for hydroxylation is 1. The van der Waals surface area contributed by atoms with E-state index in [1.807, 2.05) is 0 Å². The molecule has 1 aromatic heterocycles. The van der Waals surface area contributed by atoms with Crippen LogP contribution >= 0.6 is 0 Å². The van der Waals surface area contributed by atoms with Crippen LogP contribution in [0.2, 0.25) is 0 Å². The lowest BCUT2D eigenvalue weighted by Crippen LogP contribution is -3.00. The summed E-state index contributed by atoms with van der Waals surface area (Å²) in [7, 11) is 4.12. The maximum absolute atomic E-state index is 2.22. The average Bonchev–Trinajstić information content (AvgIpc) is 2.40. The van der Waals surface area contributed by atoms with E-state index in [2.05, 4.69) is 79.3 Å². The molecule has 0 fully saturated rings. The molecule has 0 bridgehead atoms. The van der Waals surface area contributed by atoms with Crippen molar-refractivity contribution in [3.8, 4) is 11.1 Å². The van der Waals surface area contributed by atoms with Gasteiger partial charge in [-0.2, -0.15) is 0 Å². The number of anilines is 1. The SMILES string of the molecule is CCC[n+]1ccc(-c2ccc(N(C)C)cc2)cc1.[I-]. The molecule has 0 aliphatic carbocycles. The Balaban J connectivity index is 0.00000180. The Morgan fingerprint density at radius 2 is 1.42 bits per heavy atom. The number of halogens is 1. The van der Waals surface area contributed by atoms with Gasteiger partial charge in [-0.1, -0.05) is 19.1 Å². The fraction of sp³-hybridized carbons (Fsp3) is 0.312. The van der Waals surface area contributed by atoms with Crippen molar-refractivity contribution < 1.29 is 28.5 Å². The van der Waals surface area contributed by atoms with Gasteiger partial charge in [-0.25, -0.2) is 4.57 Å². The van der Waals surface area contributed by atoms with E-state index < -0.39 is 0 Å². The molecule has 0 saturated heterocycles. The van der Waals surface area contributed by atoms with Crippen LogP contribution < -0.4 is 33.4 Å². The minimum absolute atomic E-state index is 0. The predicted octanol–water partition coefficient (Wildman–Crippen LogP) is 0.121. The number of hydrogen-bond acceptors (Lipinski definition) is 1. The Bertz CT molecular complexity index is 489. The van der Waals surface area contributed by atoms with E-state index >= 15 is 0 Å². The van der Waals surface area contributed by atoms with E-state index in [0.717, 1.165) is 6.54 Å². The maximum atomic E-state index is 2.22. The van der Waals surface area contributed by atoms with Crippen molar-refractivity contribution in [3.05, 3.63) is 48.8 Å². The van der Waals surface area contributed by atoms with E-state index in [0.29, 0.717) is 0 Å². The summed E-state index contributed by atoms with van der Waals surface area (Å²) in [6.07, 6.45) is 5.47. The highest BCUT2D eigenvalue weighted by Gasteiger charge is 2.02. The van der Waals surface area contributed by atoms with E-state index in [1.54, 1.807) is 0 Å². The molecule has 2 nitrogen and oxygen atoms in total. The highest BCUT2D eigenvalue weighted by molar-refractivity contribution is 5.65. The van der Waals surface area contributed by atoms with E-state index in [9.17, 15) is 0 Å². The molecule has 0 radical (unpaired) electrons. The second-order valence-electron chi connectivity index (χ2n) is 4.77. The Labute approximate surface area is 133 Å². The molecular weight excluding hydrogens is 347 g/mol. The number of nitrogens with zero attached hydrogens (tertiary/aromatic N) is 2. The predicted molar refractivity (Wildman–Crippen MR) is 76.7 cm³/mol. The molecule has 0 atom stereocenters. The lowest BCUT2D eigenvalue weighted by molar-refractivity contribution is -0.696. The van der Waals surface area contributed by atoms with Crippen molar-refractivity contribution in [2.24, 2.45) is 0 Å². The largest absolute Gasteiger partial charge is 1.00 e. The van der Waals surface area contributed by atoms with E-state index in [1.165, 1.54) is 23.2 Å². The summed E-state index contributed by atoms with van der Waals surface area (Å²) in [5.41, 5.74) is 3.77. The van der Waals surface area contributed by atoms with Crippen molar-refractivity contribution in [1.29, 1.82) is 0 Å². The lowest BCUT2D eigenvalue weighted by atomic mass is 10.1. The van der Waals surface area contributed by atoms with Crippen LogP contribution in [0.4, 0.5) is 5.69 Å². The first kappa shape index (κ1) is 16.0. The summed E-state index contributed by atoms with van der Waals surface area (Å²) < 4.78 is 2.22. The Hall–Kier alpha value is -1.10. The Morgan fingerprint density at radius 1 is 0.895 bits per heavy atom. The summed E-state index contributed by atoms with van der Waals surface area (Å²) in [4.78, 5) is 2.12. The molecule has 102 valence electrons. The lowest BCUT2D eigenvalue weighted by Gasteiger charge is -2.12. The normalized spacial score (nSPS) is 9.84. The zero-order chi connectivity index (χ0) is 13.0. The number of aromatic nitrogens is 1. The van der Waals surface area contributed by atoms with Gasteiger partial charge < -0.3 is 28.9 Å². The minimum Gasteiger partial charge on any atom is -1.00 e. The van der Waals surface area contributed by atoms with Gasteiger partial charge in [0.15, 0.2) is 12.4 Å². The minimum atomic E-state index is 0. The molecule has 2 aromatic rings. The first-order chi connectivity index (χ1) is 8.70. The zero-order valence-electron chi connectivity index (χ0n) is 11.8. The summed E-state index contributed by atoms with van der Waals surface area (Å²) in [6, 6.07) is 13.0. The fourth-order valence-corrected chi connectivity index (χ4v) is 2.01. The molecule has 19 heavy (non-hydrogen) atoms. The van der Waals surface area contributed by atoms with Crippen molar-refractivity contribution in [3.63, 3.8) is 0 Å². The van der Waals surface area contributed by atoms with Gasteiger partial charge in [0, 0.05) is 38.3 Å². The van der Waals surface area contributed by atoms with E-state index in [-0.39, 0.29) is 24.0 Å². The first-order valence-electron chi connectivity index (χ1n) is 6.47. The van der Waals surface area contributed by atoms with Crippen LogP contribution in [0.15, 0.2) is 48.8 Å². The first-order valence-corrected chi connectivity index (χ1v) is 6.47. The molecule has 1 heterocycles. The molecule has 0 saturated carbocycles. The molecule has 2 rings (SSSR count). The van der Waals surface area contributed by atoms with Crippen LogP contribution in [0.5, 0.6) is 0 Å². The van der Waals surface area contributed by atoms with Gasteiger partial charge in [0.05, 0.1) is 0 Å². The molecule has 0 spiro atoms. The van der Waals surface area contributed by atoms with Gasteiger partial charge in [-0.3, -0.25) is 0 Å². The van der Waals surface area contributed by atoms with Crippen LogP contribution in [0.25, 0.3) is 11.1 Å². The van der Waals surface area contributed by atoms with Crippen LogP contribution in [0.3, 0.4) is 0 Å². The molecule has 0 unspecified atom stereocenters. The Morgan fingerprint density at radius 3 is 1.89 bits per heavy atom. The van der Waals surface area contributed by atoms with Crippen molar-refractivity contribution in [2.45, 2.75) is 19.9 Å². The number of rotatable bonds is 4. The average molecular weight is 368 g/mol.